The lowest BCUT2D eigenvalue weighted by molar-refractivity contribution is -0.145. The highest BCUT2D eigenvalue weighted by molar-refractivity contribution is 6.74. The molecule has 1 aromatic carbocycles. The third-order valence-electron chi connectivity index (χ3n) is 6.76. The molecule has 0 radical (unpaired) electrons. The molecule has 0 bridgehead atoms. The molecule has 2 atom stereocenters. The Kier molecular flexibility index (Phi) is 10.9. The van der Waals surface area contributed by atoms with Gasteiger partial charge >= 0.3 is 5.97 Å². The molecule has 0 aliphatic carbocycles. The first-order valence-corrected chi connectivity index (χ1v) is 14.5. The molecule has 2 unspecified atom stereocenters. The van der Waals surface area contributed by atoms with Crippen LogP contribution >= 0.6 is 0 Å². The van der Waals surface area contributed by atoms with Crippen LogP contribution in [0.2, 0.25) is 18.1 Å². The number of hydrogen-bond acceptors (Lipinski definition) is 6. The number of carbonyl (C=O) groups is 1. The molecule has 0 heterocycles. The van der Waals surface area contributed by atoms with Gasteiger partial charge in [-0.2, -0.15) is 0 Å². The number of aryl methyl sites for hydroxylation is 1. The van der Waals surface area contributed by atoms with Crippen LogP contribution in [0.4, 0.5) is 0 Å². The summed E-state index contributed by atoms with van der Waals surface area (Å²) in [6.45, 7) is 18.8. The van der Waals surface area contributed by atoms with Crippen molar-refractivity contribution in [2.45, 2.75) is 85.0 Å². The second-order valence-corrected chi connectivity index (χ2v) is 14.9. The third kappa shape index (κ3) is 7.94. The number of ether oxygens (including phenoxy) is 1. The minimum atomic E-state index is -1.86. The monoisotopic (exact) mass is 463 g/mol. The van der Waals surface area contributed by atoms with Crippen molar-refractivity contribution in [3.8, 4) is 0 Å². The highest BCUT2D eigenvalue weighted by Crippen LogP contribution is 2.38. The van der Waals surface area contributed by atoms with Crippen molar-refractivity contribution in [1.29, 1.82) is 0 Å². The molecule has 1 rings (SSSR count). The minimum Gasteiger partial charge on any atom is -0.469 e. The number of nitrogens with one attached hydrogen (secondary N) is 2. The van der Waals surface area contributed by atoms with E-state index in [1.54, 1.807) is 0 Å². The summed E-state index contributed by atoms with van der Waals surface area (Å²) in [6.07, 6.45) is 3.38. The Hall–Kier alpha value is -1.83. The number of hydrazine groups is 1. The molecule has 0 fully saturated rings. The summed E-state index contributed by atoms with van der Waals surface area (Å²) in [5.41, 5.74) is 7.17. The lowest BCUT2D eigenvalue weighted by atomic mass is 9.82. The van der Waals surface area contributed by atoms with E-state index < -0.39 is 8.32 Å². The Labute approximate surface area is 196 Å². The van der Waals surface area contributed by atoms with Crippen molar-refractivity contribution in [1.82, 2.24) is 10.7 Å². The first-order chi connectivity index (χ1) is 14.9. The summed E-state index contributed by atoms with van der Waals surface area (Å²) in [6, 6.07) is 6.46. The van der Waals surface area contributed by atoms with Gasteiger partial charge in [0, 0.05) is 18.4 Å². The van der Waals surface area contributed by atoms with Crippen LogP contribution in [0.3, 0.4) is 0 Å². The number of carbonyl (C=O) groups excluding carboxylic acids is 1. The van der Waals surface area contributed by atoms with Gasteiger partial charge in [0.1, 0.15) is 0 Å². The van der Waals surface area contributed by atoms with Crippen LogP contribution in [0.15, 0.2) is 30.1 Å². The Bertz CT molecular complexity index is 772. The lowest BCUT2D eigenvalue weighted by Gasteiger charge is -2.36. The van der Waals surface area contributed by atoms with Crippen LogP contribution in [-0.4, -0.2) is 27.9 Å². The van der Waals surface area contributed by atoms with Gasteiger partial charge in [-0.1, -0.05) is 45.9 Å². The van der Waals surface area contributed by atoms with Crippen LogP contribution in [0.1, 0.15) is 70.1 Å². The molecular formula is C25H45N3O3Si. The van der Waals surface area contributed by atoms with Crippen LogP contribution in [-0.2, 0) is 20.6 Å². The Balaban J connectivity index is 3.18. The number of nitrogens with two attached hydrogens (primary N) is 1. The summed E-state index contributed by atoms with van der Waals surface area (Å²) >= 11 is 0. The smallest absolute Gasteiger partial charge is 0.308 e. The summed E-state index contributed by atoms with van der Waals surface area (Å²) in [5, 5.41) is 3.33. The maximum atomic E-state index is 12.4. The number of hydrogen-bond donors (Lipinski definition) is 3. The SMILES string of the molecule is CCN/C=C(/CCC(c1ccc(C)c(CO[Si](C)(C)C(C)(C)C)c1)C(C)C(=O)OC)NN. The van der Waals surface area contributed by atoms with Crippen molar-refractivity contribution in [3.05, 3.63) is 46.8 Å². The zero-order valence-corrected chi connectivity index (χ0v) is 22.6. The summed E-state index contributed by atoms with van der Waals surface area (Å²) in [5.74, 6) is 5.23. The molecule has 0 spiro atoms. The van der Waals surface area contributed by atoms with Crippen LogP contribution < -0.4 is 16.6 Å². The number of allylic oxidation sites excluding steroid dienone is 1. The number of benzene rings is 1. The fourth-order valence-electron chi connectivity index (χ4n) is 3.33. The highest BCUT2D eigenvalue weighted by atomic mass is 28.4. The van der Waals surface area contributed by atoms with Gasteiger partial charge in [0.15, 0.2) is 8.32 Å². The van der Waals surface area contributed by atoms with Crippen molar-refractivity contribution >= 4 is 14.3 Å². The molecule has 1 aromatic rings. The van der Waals surface area contributed by atoms with E-state index in [0.717, 1.165) is 30.6 Å². The maximum Gasteiger partial charge on any atom is 0.308 e. The van der Waals surface area contributed by atoms with Crippen molar-refractivity contribution in [2.24, 2.45) is 11.8 Å². The van der Waals surface area contributed by atoms with Gasteiger partial charge in [-0.05, 0) is 67.4 Å². The standard InChI is InChI=1S/C25H45N3O3Si/c1-10-27-16-22(28-26)13-14-23(19(3)24(29)30-7)20-12-11-18(2)21(15-20)17-31-32(8,9)25(4,5)6/h11-12,15-16,19,23,27-28H,10,13-14,17,26H2,1-9H3/b22-16-. The molecule has 0 aromatic heterocycles. The first-order valence-electron chi connectivity index (χ1n) is 11.6. The first kappa shape index (κ1) is 28.2. The van der Waals surface area contributed by atoms with E-state index in [9.17, 15) is 4.79 Å². The third-order valence-corrected chi connectivity index (χ3v) is 11.2. The minimum absolute atomic E-state index is 0.00745. The molecule has 0 saturated heterocycles. The van der Waals surface area contributed by atoms with Gasteiger partial charge in [-0.3, -0.25) is 10.6 Å². The van der Waals surface area contributed by atoms with E-state index in [2.05, 4.69) is 69.7 Å². The fourth-order valence-corrected chi connectivity index (χ4v) is 4.28. The number of methoxy groups -OCH3 is 1. The van der Waals surface area contributed by atoms with Gasteiger partial charge in [0.05, 0.1) is 19.6 Å². The molecule has 0 saturated carbocycles. The average molecular weight is 464 g/mol. The zero-order chi connectivity index (χ0) is 24.5. The Morgan fingerprint density at radius 1 is 1.28 bits per heavy atom. The maximum absolute atomic E-state index is 12.4. The molecule has 182 valence electrons. The van der Waals surface area contributed by atoms with E-state index >= 15 is 0 Å². The summed E-state index contributed by atoms with van der Waals surface area (Å²) in [4.78, 5) is 12.4. The number of rotatable bonds is 12. The predicted molar refractivity (Wildman–Crippen MR) is 135 cm³/mol. The number of esters is 1. The molecule has 0 aliphatic heterocycles. The second kappa shape index (κ2) is 12.4. The highest BCUT2D eigenvalue weighted by Gasteiger charge is 2.37. The normalized spacial score (nSPS) is 14.6. The van der Waals surface area contributed by atoms with Crippen LogP contribution in [0.5, 0.6) is 0 Å². The van der Waals surface area contributed by atoms with E-state index in [1.807, 2.05) is 20.0 Å². The molecule has 0 aliphatic rings. The lowest BCUT2D eigenvalue weighted by Crippen LogP contribution is -2.40. The summed E-state index contributed by atoms with van der Waals surface area (Å²) in [7, 11) is -0.413. The van der Waals surface area contributed by atoms with Gasteiger partial charge in [-0.15, -0.1) is 0 Å². The van der Waals surface area contributed by atoms with Gasteiger partial charge in [-0.25, -0.2) is 0 Å². The quantitative estimate of drug-likeness (QED) is 0.173. The van der Waals surface area contributed by atoms with Crippen LogP contribution in [0.25, 0.3) is 0 Å². The Morgan fingerprint density at radius 3 is 2.47 bits per heavy atom. The average Bonchev–Trinajstić information content (AvgIpc) is 2.74. The molecule has 6 nitrogen and oxygen atoms in total. The largest absolute Gasteiger partial charge is 0.469 e. The molecule has 32 heavy (non-hydrogen) atoms. The van der Waals surface area contributed by atoms with Crippen LogP contribution in [0, 0.1) is 12.8 Å². The van der Waals surface area contributed by atoms with Gasteiger partial charge in [0.25, 0.3) is 0 Å². The second-order valence-electron chi connectivity index (χ2n) is 10.1. The molecule has 7 heteroatoms. The van der Waals surface area contributed by atoms with Crippen molar-refractivity contribution in [2.75, 3.05) is 13.7 Å². The van der Waals surface area contributed by atoms with E-state index in [1.165, 1.54) is 18.2 Å². The van der Waals surface area contributed by atoms with E-state index in [4.69, 9.17) is 15.0 Å². The van der Waals surface area contributed by atoms with Gasteiger partial charge < -0.3 is 19.9 Å². The van der Waals surface area contributed by atoms with E-state index in [0.29, 0.717) is 6.61 Å². The Morgan fingerprint density at radius 2 is 1.94 bits per heavy atom. The zero-order valence-electron chi connectivity index (χ0n) is 21.6. The molecular weight excluding hydrogens is 418 g/mol. The summed E-state index contributed by atoms with van der Waals surface area (Å²) < 4.78 is 11.6. The molecule has 4 N–H and O–H groups in total. The van der Waals surface area contributed by atoms with Crippen molar-refractivity contribution < 1.29 is 14.0 Å². The molecule has 0 amide bonds. The van der Waals surface area contributed by atoms with Gasteiger partial charge in [0.2, 0.25) is 0 Å². The van der Waals surface area contributed by atoms with Crippen molar-refractivity contribution in [3.63, 3.8) is 0 Å². The van der Waals surface area contributed by atoms with E-state index in [-0.39, 0.29) is 22.8 Å². The predicted octanol–water partition coefficient (Wildman–Crippen LogP) is 5.10. The fraction of sp³-hybridized carbons (Fsp3) is 0.640. The topological polar surface area (TPSA) is 85.6 Å².